The summed E-state index contributed by atoms with van der Waals surface area (Å²) in [7, 11) is 1.42. The number of thioether (sulfide) groups is 1. The molecule has 0 radical (unpaired) electrons. The van der Waals surface area contributed by atoms with Gasteiger partial charge in [0, 0.05) is 5.56 Å². The third kappa shape index (κ3) is 4.91. The Balaban J connectivity index is 2.28. The molecule has 1 aromatic rings. The fourth-order valence-electron chi connectivity index (χ4n) is 2.46. The Kier molecular flexibility index (Phi) is 6.68. The second-order valence-corrected chi connectivity index (χ2v) is 7.02. The molecule has 27 heavy (non-hydrogen) atoms. The van der Waals surface area contributed by atoms with Crippen molar-refractivity contribution in [1.29, 1.82) is 0 Å². The smallest absolute Gasteiger partial charge is 0.326 e. The van der Waals surface area contributed by atoms with Crippen LogP contribution in [-0.4, -0.2) is 46.9 Å². The highest BCUT2D eigenvalue weighted by Gasteiger charge is 2.36. The van der Waals surface area contributed by atoms with Crippen molar-refractivity contribution in [1.82, 2.24) is 4.90 Å². The van der Waals surface area contributed by atoms with Crippen LogP contribution >= 0.6 is 11.8 Å². The summed E-state index contributed by atoms with van der Waals surface area (Å²) < 4.78 is 10.1. The van der Waals surface area contributed by atoms with Gasteiger partial charge in [-0.05, 0) is 55.8 Å². The molecule has 0 atom stereocenters. The minimum atomic E-state index is -0.645. The van der Waals surface area contributed by atoms with Gasteiger partial charge in [-0.3, -0.25) is 19.3 Å². The van der Waals surface area contributed by atoms with Crippen LogP contribution in [0.2, 0.25) is 0 Å². The molecule has 1 aliphatic heterocycles. The number of benzene rings is 1. The van der Waals surface area contributed by atoms with Crippen LogP contribution in [0.15, 0.2) is 29.7 Å². The summed E-state index contributed by atoms with van der Waals surface area (Å²) >= 11 is 0.742. The van der Waals surface area contributed by atoms with E-state index in [1.807, 2.05) is 0 Å². The first-order chi connectivity index (χ1) is 12.8. The van der Waals surface area contributed by atoms with Crippen molar-refractivity contribution in [3.05, 3.63) is 40.8 Å². The predicted molar refractivity (Wildman–Crippen MR) is 102 cm³/mol. The molecule has 1 aliphatic rings. The lowest BCUT2D eigenvalue weighted by Gasteiger charge is -2.13. The molecule has 2 amide bonds. The average Bonchev–Trinajstić information content (AvgIpc) is 2.84. The van der Waals surface area contributed by atoms with E-state index in [-0.39, 0.29) is 22.5 Å². The third-order valence-electron chi connectivity index (χ3n) is 3.59. The predicted octanol–water partition coefficient (Wildman–Crippen LogP) is 3.12. The number of carbonyl (C=O) groups excluding carboxylic acids is 3. The van der Waals surface area contributed by atoms with E-state index in [4.69, 9.17) is 9.47 Å². The molecule has 1 aromatic carbocycles. The van der Waals surface area contributed by atoms with E-state index >= 15 is 0 Å². The van der Waals surface area contributed by atoms with Crippen molar-refractivity contribution in [3.8, 4) is 11.5 Å². The number of methoxy groups -OCH3 is 1. The van der Waals surface area contributed by atoms with Crippen molar-refractivity contribution < 1.29 is 29.0 Å². The number of hydrogen-bond donors (Lipinski definition) is 1. The van der Waals surface area contributed by atoms with Crippen LogP contribution in [0.1, 0.15) is 25.0 Å². The van der Waals surface area contributed by atoms with Crippen LogP contribution in [0.25, 0.3) is 6.08 Å². The number of nitrogens with zero attached hydrogens (tertiary/aromatic N) is 1. The largest absolute Gasteiger partial charge is 0.504 e. The zero-order valence-corrected chi connectivity index (χ0v) is 16.2. The number of amides is 2. The summed E-state index contributed by atoms with van der Waals surface area (Å²) in [5.74, 6) is -0.962. The molecule has 0 aliphatic carbocycles. The van der Waals surface area contributed by atoms with Crippen LogP contribution in [0.4, 0.5) is 4.79 Å². The van der Waals surface area contributed by atoms with Crippen LogP contribution < -0.4 is 4.74 Å². The number of allylic oxidation sites excluding steroid dienone is 1. The summed E-state index contributed by atoms with van der Waals surface area (Å²) in [4.78, 5) is 37.4. The molecule has 7 nitrogen and oxygen atoms in total. The molecule has 0 aromatic heterocycles. The lowest BCUT2D eigenvalue weighted by atomic mass is 10.1. The van der Waals surface area contributed by atoms with E-state index in [0.29, 0.717) is 17.5 Å². The Hall–Kier alpha value is -2.74. The van der Waals surface area contributed by atoms with E-state index in [1.165, 1.54) is 13.2 Å². The van der Waals surface area contributed by atoms with E-state index in [1.54, 1.807) is 32.1 Å². The van der Waals surface area contributed by atoms with Crippen LogP contribution in [0.5, 0.6) is 11.5 Å². The highest BCUT2D eigenvalue weighted by Crippen LogP contribution is 2.36. The van der Waals surface area contributed by atoms with Crippen molar-refractivity contribution >= 4 is 35.0 Å². The number of ether oxygens (including phenoxy) is 2. The minimum absolute atomic E-state index is 0.000847. The standard InChI is InChI=1S/C19H21NO6S/c1-5-6-13-7-12(8-14(25-4)17(13)22)9-15-18(23)20(19(24)27-15)10-16(21)26-11(2)3/h5,7-9,11,22H,1,6,10H2,2-4H3/b15-9+. The molecule has 0 unspecified atom stereocenters. The zero-order chi connectivity index (χ0) is 20.1. The van der Waals surface area contributed by atoms with Crippen molar-refractivity contribution in [2.24, 2.45) is 0 Å². The number of carbonyl (C=O) groups is 3. The fraction of sp³-hybridized carbons (Fsp3) is 0.316. The van der Waals surface area contributed by atoms with E-state index in [2.05, 4.69) is 6.58 Å². The molecule has 1 N–H and O–H groups in total. The Morgan fingerprint density at radius 2 is 2.07 bits per heavy atom. The third-order valence-corrected chi connectivity index (χ3v) is 4.49. The van der Waals surface area contributed by atoms with Gasteiger partial charge in [0.15, 0.2) is 11.5 Å². The van der Waals surface area contributed by atoms with Gasteiger partial charge in [-0.2, -0.15) is 0 Å². The Morgan fingerprint density at radius 3 is 2.67 bits per heavy atom. The molecule has 2 rings (SSSR count). The van der Waals surface area contributed by atoms with Crippen LogP contribution in [0.3, 0.4) is 0 Å². The molecular weight excluding hydrogens is 370 g/mol. The lowest BCUT2D eigenvalue weighted by molar-refractivity contribution is -0.149. The average molecular weight is 391 g/mol. The number of rotatable bonds is 7. The first-order valence-corrected chi connectivity index (χ1v) is 9.04. The second kappa shape index (κ2) is 8.77. The molecule has 1 fully saturated rings. The maximum atomic E-state index is 12.5. The van der Waals surface area contributed by atoms with Crippen molar-refractivity contribution in [3.63, 3.8) is 0 Å². The van der Waals surface area contributed by atoms with Gasteiger partial charge in [0.2, 0.25) is 0 Å². The molecule has 144 valence electrons. The number of phenolic OH excluding ortho intramolecular Hbond substituents is 1. The fourth-order valence-corrected chi connectivity index (χ4v) is 3.29. The van der Waals surface area contributed by atoms with Gasteiger partial charge in [0.25, 0.3) is 11.1 Å². The van der Waals surface area contributed by atoms with Gasteiger partial charge in [-0.25, -0.2) is 0 Å². The first kappa shape index (κ1) is 20.6. The number of phenols is 1. The number of esters is 1. The Bertz CT molecular complexity index is 815. The summed E-state index contributed by atoms with van der Waals surface area (Å²) in [6.45, 7) is 6.59. The second-order valence-electron chi connectivity index (χ2n) is 6.03. The highest BCUT2D eigenvalue weighted by atomic mass is 32.2. The normalized spacial score (nSPS) is 15.6. The minimum Gasteiger partial charge on any atom is -0.504 e. The van der Waals surface area contributed by atoms with Gasteiger partial charge in [-0.1, -0.05) is 6.08 Å². The molecule has 0 bridgehead atoms. The number of hydrogen-bond acceptors (Lipinski definition) is 7. The maximum Gasteiger partial charge on any atom is 0.326 e. The van der Waals surface area contributed by atoms with Crippen LogP contribution in [-0.2, 0) is 20.7 Å². The maximum absolute atomic E-state index is 12.5. The van der Waals surface area contributed by atoms with E-state index in [0.717, 1.165) is 16.7 Å². The van der Waals surface area contributed by atoms with Gasteiger partial charge >= 0.3 is 5.97 Å². The molecular formula is C19H21NO6S. The Morgan fingerprint density at radius 1 is 1.37 bits per heavy atom. The lowest BCUT2D eigenvalue weighted by Crippen LogP contribution is -2.35. The van der Waals surface area contributed by atoms with E-state index in [9.17, 15) is 19.5 Å². The summed E-state index contributed by atoms with van der Waals surface area (Å²) in [6.07, 6.45) is 3.23. The van der Waals surface area contributed by atoms with Gasteiger partial charge in [0.1, 0.15) is 6.54 Å². The van der Waals surface area contributed by atoms with Crippen LogP contribution in [0, 0.1) is 0 Å². The number of imide groups is 1. The van der Waals surface area contributed by atoms with Crippen molar-refractivity contribution in [2.75, 3.05) is 13.7 Å². The summed E-state index contributed by atoms with van der Waals surface area (Å²) in [5.41, 5.74) is 1.16. The highest BCUT2D eigenvalue weighted by molar-refractivity contribution is 8.18. The quantitative estimate of drug-likeness (QED) is 0.434. The molecule has 8 heteroatoms. The topological polar surface area (TPSA) is 93.1 Å². The van der Waals surface area contributed by atoms with Gasteiger partial charge in [0.05, 0.1) is 18.1 Å². The monoisotopic (exact) mass is 391 g/mol. The molecule has 0 spiro atoms. The molecule has 0 saturated carbocycles. The molecule has 1 heterocycles. The first-order valence-electron chi connectivity index (χ1n) is 8.22. The van der Waals surface area contributed by atoms with E-state index < -0.39 is 23.7 Å². The summed E-state index contributed by atoms with van der Waals surface area (Å²) in [6, 6.07) is 3.24. The van der Waals surface area contributed by atoms with Gasteiger partial charge < -0.3 is 14.6 Å². The summed E-state index contributed by atoms with van der Waals surface area (Å²) in [5, 5.41) is 9.60. The molecule has 1 saturated heterocycles. The van der Waals surface area contributed by atoms with Crippen molar-refractivity contribution in [2.45, 2.75) is 26.4 Å². The zero-order valence-electron chi connectivity index (χ0n) is 15.4. The SMILES string of the molecule is C=CCc1cc(/C=C2/SC(=O)N(CC(=O)OC(C)C)C2=O)cc(OC)c1O. The van der Waals surface area contributed by atoms with Gasteiger partial charge in [-0.15, -0.1) is 6.58 Å². The Labute approximate surface area is 161 Å². The number of aromatic hydroxyl groups is 1.